The highest BCUT2D eigenvalue weighted by Crippen LogP contribution is 2.20. The first kappa shape index (κ1) is 15.9. The highest BCUT2D eigenvalue weighted by molar-refractivity contribution is 5.81. The van der Waals surface area contributed by atoms with Gasteiger partial charge in [0.05, 0.1) is 0 Å². The number of carbonyl (C=O) groups excluding carboxylic acids is 1. The van der Waals surface area contributed by atoms with Crippen molar-refractivity contribution >= 4 is 12.1 Å². The van der Waals surface area contributed by atoms with Crippen LogP contribution in [-0.4, -0.2) is 22.8 Å². The fourth-order valence-electron chi connectivity index (χ4n) is 1.58. The van der Waals surface area contributed by atoms with E-state index in [9.17, 15) is 14.0 Å². The molecule has 6 heteroatoms. The first-order chi connectivity index (χ1) is 9.10. The summed E-state index contributed by atoms with van der Waals surface area (Å²) in [7, 11) is 0. The van der Waals surface area contributed by atoms with Gasteiger partial charge in [0.15, 0.2) is 6.04 Å². The lowest BCUT2D eigenvalue weighted by molar-refractivity contribution is -0.139. The number of carbonyl (C=O) groups is 2. The Kier molecular flexibility index (Phi) is 4.70. The normalized spacial score (nSPS) is 12.7. The lowest BCUT2D eigenvalue weighted by Gasteiger charge is -2.22. The summed E-state index contributed by atoms with van der Waals surface area (Å²) in [5.41, 5.74) is -0.180. The van der Waals surface area contributed by atoms with Crippen LogP contribution in [-0.2, 0) is 9.53 Å². The van der Waals surface area contributed by atoms with Crippen molar-refractivity contribution < 1.29 is 23.8 Å². The molecule has 0 aromatic heterocycles. The fraction of sp³-hybridized carbons (Fsp3) is 0.429. The third kappa shape index (κ3) is 4.53. The smallest absolute Gasteiger partial charge is 0.408 e. The third-order valence-corrected chi connectivity index (χ3v) is 2.37. The highest BCUT2D eigenvalue weighted by Gasteiger charge is 2.27. The molecular weight excluding hydrogens is 265 g/mol. The van der Waals surface area contributed by atoms with Crippen LogP contribution in [0.25, 0.3) is 0 Å². The van der Waals surface area contributed by atoms with Gasteiger partial charge in [0, 0.05) is 5.56 Å². The lowest BCUT2D eigenvalue weighted by Crippen LogP contribution is -2.38. The maximum Gasteiger partial charge on any atom is 0.408 e. The van der Waals surface area contributed by atoms with Crippen molar-refractivity contribution in [2.75, 3.05) is 0 Å². The average Bonchev–Trinajstić information content (AvgIpc) is 2.27. The van der Waals surface area contributed by atoms with E-state index in [-0.39, 0.29) is 5.56 Å². The van der Waals surface area contributed by atoms with Crippen LogP contribution in [0.5, 0.6) is 0 Å². The van der Waals surface area contributed by atoms with Gasteiger partial charge in [-0.1, -0.05) is 17.7 Å². The first-order valence-electron chi connectivity index (χ1n) is 6.08. The number of carboxylic acids is 1. The van der Waals surface area contributed by atoms with Crippen molar-refractivity contribution in [2.24, 2.45) is 0 Å². The number of benzene rings is 1. The van der Waals surface area contributed by atoms with E-state index >= 15 is 0 Å². The molecule has 0 radical (unpaired) electrons. The van der Waals surface area contributed by atoms with E-state index in [1.54, 1.807) is 27.7 Å². The molecule has 1 unspecified atom stereocenters. The SMILES string of the molecule is Cc1ccc(F)c(C(NC(=O)OC(C)(C)C)C(=O)O)c1. The predicted octanol–water partition coefficient (Wildman–Crippen LogP) is 2.78. The molecule has 20 heavy (non-hydrogen) atoms. The quantitative estimate of drug-likeness (QED) is 0.894. The van der Waals surface area contributed by atoms with E-state index in [4.69, 9.17) is 9.84 Å². The molecule has 0 saturated heterocycles. The molecule has 1 amide bonds. The van der Waals surface area contributed by atoms with Crippen molar-refractivity contribution in [3.8, 4) is 0 Å². The van der Waals surface area contributed by atoms with Gasteiger partial charge in [0.25, 0.3) is 0 Å². The third-order valence-electron chi connectivity index (χ3n) is 2.37. The van der Waals surface area contributed by atoms with E-state index in [1.807, 2.05) is 0 Å². The molecule has 0 heterocycles. The largest absolute Gasteiger partial charge is 0.479 e. The second-order valence-corrected chi connectivity index (χ2v) is 5.44. The van der Waals surface area contributed by atoms with Gasteiger partial charge in [-0.2, -0.15) is 0 Å². The monoisotopic (exact) mass is 283 g/mol. The number of aryl methyl sites for hydroxylation is 1. The fourth-order valence-corrected chi connectivity index (χ4v) is 1.58. The van der Waals surface area contributed by atoms with E-state index in [2.05, 4.69) is 5.32 Å². The van der Waals surface area contributed by atoms with Gasteiger partial charge in [-0.15, -0.1) is 0 Å². The summed E-state index contributed by atoms with van der Waals surface area (Å²) in [5, 5.41) is 11.3. The Balaban J connectivity index is 2.98. The first-order valence-corrected chi connectivity index (χ1v) is 6.08. The highest BCUT2D eigenvalue weighted by atomic mass is 19.1. The average molecular weight is 283 g/mol. The minimum atomic E-state index is -1.50. The number of halogens is 1. The maximum absolute atomic E-state index is 13.7. The standard InChI is InChI=1S/C14H18FNO4/c1-8-5-6-10(15)9(7-8)11(12(17)18)16-13(19)20-14(2,3)4/h5-7,11H,1-4H3,(H,16,19)(H,17,18). The number of rotatable bonds is 3. The molecule has 1 rings (SSSR count). The van der Waals surface area contributed by atoms with Gasteiger partial charge < -0.3 is 15.2 Å². The molecule has 5 nitrogen and oxygen atoms in total. The number of amides is 1. The van der Waals surface area contributed by atoms with Crippen LogP contribution >= 0.6 is 0 Å². The number of ether oxygens (including phenoxy) is 1. The Labute approximate surface area is 116 Å². The van der Waals surface area contributed by atoms with Crippen LogP contribution in [0.15, 0.2) is 18.2 Å². The summed E-state index contributed by atoms with van der Waals surface area (Å²) >= 11 is 0. The van der Waals surface area contributed by atoms with Gasteiger partial charge in [-0.3, -0.25) is 0 Å². The molecule has 0 spiro atoms. The zero-order chi connectivity index (χ0) is 15.5. The second kappa shape index (κ2) is 5.90. The molecule has 0 aliphatic heterocycles. The van der Waals surface area contributed by atoms with Crippen molar-refractivity contribution in [2.45, 2.75) is 39.3 Å². The molecule has 110 valence electrons. The van der Waals surface area contributed by atoms with Crippen molar-refractivity contribution in [3.05, 3.63) is 35.1 Å². The zero-order valence-corrected chi connectivity index (χ0v) is 11.9. The van der Waals surface area contributed by atoms with Crippen LogP contribution < -0.4 is 5.32 Å². The van der Waals surface area contributed by atoms with Crippen LogP contribution in [0, 0.1) is 12.7 Å². The van der Waals surface area contributed by atoms with Gasteiger partial charge in [0.2, 0.25) is 0 Å². The van der Waals surface area contributed by atoms with Gasteiger partial charge >= 0.3 is 12.1 Å². The number of nitrogens with one attached hydrogen (secondary N) is 1. The number of carboxylic acid groups (broad SMARTS) is 1. The number of hydrogen-bond donors (Lipinski definition) is 2. The Morgan fingerprint density at radius 1 is 1.35 bits per heavy atom. The molecule has 0 saturated carbocycles. The Morgan fingerprint density at radius 2 is 1.95 bits per heavy atom. The van der Waals surface area contributed by atoms with Crippen molar-refractivity contribution in [1.82, 2.24) is 5.32 Å². The van der Waals surface area contributed by atoms with Crippen LogP contribution in [0.1, 0.15) is 37.9 Å². The van der Waals surface area contributed by atoms with E-state index < -0.39 is 29.5 Å². The van der Waals surface area contributed by atoms with E-state index in [0.29, 0.717) is 5.56 Å². The molecule has 2 N–H and O–H groups in total. The van der Waals surface area contributed by atoms with E-state index in [1.165, 1.54) is 12.1 Å². The number of hydrogen-bond acceptors (Lipinski definition) is 3. The molecule has 0 bridgehead atoms. The molecule has 1 aromatic carbocycles. The minimum absolute atomic E-state index is 0.108. The Bertz CT molecular complexity index is 522. The summed E-state index contributed by atoms with van der Waals surface area (Å²) < 4.78 is 18.7. The zero-order valence-electron chi connectivity index (χ0n) is 11.9. The maximum atomic E-state index is 13.7. The van der Waals surface area contributed by atoms with Crippen molar-refractivity contribution in [1.29, 1.82) is 0 Å². The molecular formula is C14H18FNO4. The van der Waals surface area contributed by atoms with Gasteiger partial charge in [0.1, 0.15) is 11.4 Å². The summed E-state index contributed by atoms with van der Waals surface area (Å²) in [4.78, 5) is 22.9. The topological polar surface area (TPSA) is 75.6 Å². The van der Waals surface area contributed by atoms with Crippen LogP contribution in [0.2, 0.25) is 0 Å². The lowest BCUT2D eigenvalue weighted by atomic mass is 10.0. The van der Waals surface area contributed by atoms with Crippen LogP contribution in [0.3, 0.4) is 0 Å². The summed E-state index contributed by atoms with van der Waals surface area (Å²) in [6.07, 6.45) is -0.911. The predicted molar refractivity (Wildman–Crippen MR) is 70.9 cm³/mol. The molecule has 1 aromatic rings. The van der Waals surface area contributed by atoms with Crippen LogP contribution in [0.4, 0.5) is 9.18 Å². The summed E-state index contributed by atoms with van der Waals surface area (Å²) in [6.45, 7) is 6.65. The van der Waals surface area contributed by atoms with Gasteiger partial charge in [-0.05, 0) is 33.8 Å². The molecule has 1 atom stereocenters. The summed E-state index contributed by atoms with van der Waals surface area (Å²) in [6, 6.07) is 2.57. The summed E-state index contributed by atoms with van der Waals surface area (Å²) in [5.74, 6) is -2.06. The molecule has 0 aliphatic rings. The van der Waals surface area contributed by atoms with Crippen molar-refractivity contribution in [3.63, 3.8) is 0 Å². The van der Waals surface area contributed by atoms with E-state index in [0.717, 1.165) is 6.07 Å². The number of alkyl carbamates (subject to hydrolysis) is 1. The Morgan fingerprint density at radius 3 is 2.45 bits per heavy atom. The Hall–Kier alpha value is -2.11. The second-order valence-electron chi connectivity index (χ2n) is 5.44. The molecule has 0 aliphatic carbocycles. The minimum Gasteiger partial charge on any atom is -0.479 e. The van der Waals surface area contributed by atoms with Gasteiger partial charge in [-0.25, -0.2) is 14.0 Å². The molecule has 0 fully saturated rings. The number of aliphatic carboxylic acids is 1.